The summed E-state index contributed by atoms with van der Waals surface area (Å²) in [5, 5.41) is 10.7. The minimum Gasteiger partial charge on any atom is -0.465 e. The first-order valence-electron chi connectivity index (χ1n) is 10.1. The normalized spacial score (nSPS) is 11.2. The largest absolute Gasteiger partial charge is 0.465 e. The van der Waals surface area contributed by atoms with E-state index in [9.17, 15) is 19.2 Å². The lowest BCUT2D eigenvalue weighted by molar-refractivity contribution is -0.117. The van der Waals surface area contributed by atoms with Gasteiger partial charge < -0.3 is 10.1 Å². The topological polar surface area (TPSA) is 117 Å². The number of anilines is 1. The van der Waals surface area contributed by atoms with E-state index in [0.717, 1.165) is 9.56 Å². The number of ether oxygens (including phenoxy) is 1. The first kappa shape index (κ1) is 21.8. The fourth-order valence-electron chi connectivity index (χ4n) is 3.58. The van der Waals surface area contributed by atoms with Crippen LogP contribution in [0.4, 0.5) is 5.69 Å². The molecular formula is C22H17N5O5S2. The Morgan fingerprint density at radius 3 is 2.56 bits per heavy atom. The van der Waals surface area contributed by atoms with Crippen LogP contribution >= 0.6 is 22.7 Å². The van der Waals surface area contributed by atoms with Crippen molar-refractivity contribution in [2.24, 2.45) is 0 Å². The standard InChI is InChI=1S/C22H17N5O5S2/c1-32-20(30)13-4-6-14(7-5-13)23-17(28)12-26-22(31)27-16-8-10-34-18(16)19(29)25(21(27)24-26)11-15-3-2-9-33-15/h2-10H,11-12H2,1H3,(H,23,28). The third-order valence-corrected chi connectivity index (χ3v) is 6.92. The SMILES string of the molecule is COC(=O)c1ccc(NC(=O)Cn2nc3n(Cc4cccs4)c(=O)c4sccc4n3c2=O)cc1. The molecule has 34 heavy (non-hydrogen) atoms. The van der Waals surface area contributed by atoms with Crippen molar-refractivity contribution in [2.45, 2.75) is 13.1 Å². The van der Waals surface area contributed by atoms with Gasteiger partial charge in [0.1, 0.15) is 11.2 Å². The summed E-state index contributed by atoms with van der Waals surface area (Å²) in [4.78, 5) is 51.4. The fourth-order valence-corrected chi connectivity index (χ4v) is 5.10. The summed E-state index contributed by atoms with van der Waals surface area (Å²) in [6.45, 7) is -0.0822. The number of nitrogens with one attached hydrogen (secondary N) is 1. The molecule has 0 fully saturated rings. The van der Waals surface area contributed by atoms with E-state index >= 15 is 0 Å². The summed E-state index contributed by atoms with van der Waals surface area (Å²) in [5.74, 6) is -0.794. The molecule has 0 spiro atoms. The van der Waals surface area contributed by atoms with E-state index in [2.05, 4.69) is 15.2 Å². The zero-order valence-electron chi connectivity index (χ0n) is 17.8. The molecule has 0 aliphatic heterocycles. The van der Waals surface area contributed by atoms with Crippen molar-refractivity contribution < 1.29 is 14.3 Å². The van der Waals surface area contributed by atoms with E-state index in [1.165, 1.54) is 50.9 Å². The lowest BCUT2D eigenvalue weighted by Gasteiger charge is -2.06. The number of fused-ring (bicyclic) bond motifs is 3. The van der Waals surface area contributed by atoms with Crippen molar-refractivity contribution >= 4 is 56.2 Å². The summed E-state index contributed by atoms with van der Waals surface area (Å²) in [7, 11) is 1.29. The Hall–Kier alpha value is -4.03. The minimum absolute atomic E-state index is 0.171. The average molecular weight is 496 g/mol. The molecule has 5 rings (SSSR count). The first-order valence-corrected chi connectivity index (χ1v) is 11.8. The molecule has 10 nitrogen and oxygen atoms in total. The predicted molar refractivity (Wildman–Crippen MR) is 129 cm³/mol. The van der Waals surface area contributed by atoms with E-state index in [4.69, 9.17) is 0 Å². The maximum Gasteiger partial charge on any atom is 0.352 e. The van der Waals surface area contributed by atoms with Gasteiger partial charge in [-0.15, -0.1) is 27.8 Å². The average Bonchev–Trinajstić information content (AvgIpc) is 3.58. The highest BCUT2D eigenvalue weighted by molar-refractivity contribution is 7.17. The van der Waals surface area contributed by atoms with Gasteiger partial charge in [-0.05, 0) is 47.2 Å². The van der Waals surface area contributed by atoms with Gasteiger partial charge in [0, 0.05) is 10.6 Å². The number of nitrogens with zero attached hydrogens (tertiary/aromatic N) is 4. The van der Waals surface area contributed by atoms with E-state index in [1.807, 2.05) is 17.5 Å². The van der Waals surface area contributed by atoms with Gasteiger partial charge in [-0.2, -0.15) is 0 Å². The number of amides is 1. The van der Waals surface area contributed by atoms with Gasteiger partial charge in [0.25, 0.3) is 5.56 Å². The lowest BCUT2D eigenvalue weighted by atomic mass is 10.2. The summed E-state index contributed by atoms with van der Waals surface area (Å²) >= 11 is 2.75. The predicted octanol–water partition coefficient (Wildman–Crippen LogP) is 2.41. The van der Waals surface area contributed by atoms with Crippen LogP contribution in [0.3, 0.4) is 0 Å². The second-order valence-corrected chi connectivity index (χ2v) is 9.25. The van der Waals surface area contributed by atoms with Crippen LogP contribution in [0.2, 0.25) is 0 Å². The van der Waals surface area contributed by atoms with Crippen LogP contribution in [-0.4, -0.2) is 37.7 Å². The smallest absolute Gasteiger partial charge is 0.352 e. The van der Waals surface area contributed by atoms with Crippen molar-refractivity contribution in [2.75, 3.05) is 12.4 Å². The maximum atomic E-state index is 13.2. The molecular weight excluding hydrogens is 478 g/mol. The molecule has 0 atom stereocenters. The molecule has 5 aromatic rings. The molecule has 0 saturated carbocycles. The van der Waals surface area contributed by atoms with E-state index < -0.39 is 17.6 Å². The molecule has 4 heterocycles. The zero-order valence-corrected chi connectivity index (χ0v) is 19.4. The third kappa shape index (κ3) is 3.82. The number of methoxy groups -OCH3 is 1. The number of benzene rings is 1. The van der Waals surface area contributed by atoms with Crippen LogP contribution in [0.25, 0.3) is 16.0 Å². The first-order chi connectivity index (χ1) is 16.5. The highest BCUT2D eigenvalue weighted by Gasteiger charge is 2.20. The highest BCUT2D eigenvalue weighted by Crippen LogP contribution is 2.19. The van der Waals surface area contributed by atoms with Gasteiger partial charge in [-0.1, -0.05) is 6.07 Å². The quantitative estimate of drug-likeness (QED) is 0.362. The van der Waals surface area contributed by atoms with Gasteiger partial charge in [0.15, 0.2) is 0 Å². The van der Waals surface area contributed by atoms with Gasteiger partial charge in [0.2, 0.25) is 11.7 Å². The third-order valence-electron chi connectivity index (χ3n) is 5.17. The molecule has 0 radical (unpaired) electrons. The second kappa shape index (κ2) is 8.72. The number of carbonyl (C=O) groups is 2. The van der Waals surface area contributed by atoms with Gasteiger partial charge in [-0.25, -0.2) is 18.7 Å². The van der Waals surface area contributed by atoms with Gasteiger partial charge in [0.05, 0.1) is 24.7 Å². The van der Waals surface area contributed by atoms with Crippen LogP contribution in [0, 0.1) is 0 Å². The number of hydrogen-bond donors (Lipinski definition) is 1. The van der Waals surface area contributed by atoms with Crippen LogP contribution in [0.5, 0.6) is 0 Å². The maximum absolute atomic E-state index is 13.2. The number of thiophene rings is 2. The summed E-state index contributed by atoms with van der Waals surface area (Å²) in [6, 6.07) is 11.7. The van der Waals surface area contributed by atoms with Crippen LogP contribution in [0.15, 0.2) is 62.8 Å². The Morgan fingerprint density at radius 1 is 1.06 bits per heavy atom. The second-order valence-electron chi connectivity index (χ2n) is 7.30. The molecule has 0 saturated heterocycles. The molecule has 12 heteroatoms. The molecule has 1 amide bonds. The fraction of sp³-hybridized carbons (Fsp3) is 0.136. The van der Waals surface area contributed by atoms with Crippen molar-refractivity contribution in [3.05, 3.63) is 84.5 Å². The lowest BCUT2D eigenvalue weighted by Crippen LogP contribution is -2.29. The van der Waals surface area contributed by atoms with Crippen molar-refractivity contribution in [3.63, 3.8) is 0 Å². The Bertz CT molecular complexity index is 1640. The van der Waals surface area contributed by atoms with Gasteiger partial charge in [-0.3, -0.25) is 14.2 Å². The zero-order chi connectivity index (χ0) is 23.8. The van der Waals surface area contributed by atoms with Crippen LogP contribution in [-0.2, 0) is 22.6 Å². The molecule has 4 aromatic heterocycles. The number of hydrogen-bond acceptors (Lipinski definition) is 8. The van der Waals surface area contributed by atoms with Gasteiger partial charge >= 0.3 is 11.7 Å². The molecule has 1 aromatic carbocycles. The van der Waals surface area contributed by atoms with E-state index in [1.54, 1.807) is 23.6 Å². The molecule has 172 valence electrons. The molecule has 1 N–H and O–H groups in total. The minimum atomic E-state index is -0.519. The summed E-state index contributed by atoms with van der Waals surface area (Å²) < 4.78 is 8.95. The van der Waals surface area contributed by atoms with Crippen molar-refractivity contribution in [1.29, 1.82) is 0 Å². The highest BCUT2D eigenvalue weighted by atomic mass is 32.1. The summed E-state index contributed by atoms with van der Waals surface area (Å²) in [6.07, 6.45) is 0. The Morgan fingerprint density at radius 2 is 1.85 bits per heavy atom. The van der Waals surface area contributed by atoms with E-state index in [0.29, 0.717) is 21.5 Å². The number of carbonyl (C=O) groups excluding carboxylic acids is 2. The van der Waals surface area contributed by atoms with Crippen LogP contribution in [0.1, 0.15) is 15.2 Å². The Labute approximate surface area is 199 Å². The summed E-state index contributed by atoms with van der Waals surface area (Å²) in [5.41, 5.74) is 0.500. The van der Waals surface area contributed by atoms with Crippen molar-refractivity contribution in [1.82, 2.24) is 18.7 Å². The van der Waals surface area contributed by atoms with E-state index in [-0.39, 0.29) is 24.4 Å². The van der Waals surface area contributed by atoms with Crippen molar-refractivity contribution in [3.8, 4) is 0 Å². The number of rotatable bonds is 6. The molecule has 0 aliphatic carbocycles. The number of esters is 1. The molecule has 0 bridgehead atoms. The Kier molecular flexibility index (Phi) is 5.59. The van der Waals surface area contributed by atoms with Crippen LogP contribution < -0.4 is 16.6 Å². The Balaban J connectivity index is 1.49. The monoisotopic (exact) mass is 495 g/mol. The number of aromatic nitrogens is 4. The molecule has 0 aliphatic rings. The molecule has 0 unspecified atom stereocenters.